The van der Waals surface area contributed by atoms with E-state index in [0.717, 1.165) is 0 Å². The molecule has 4 N–H and O–H groups in total. The minimum Gasteiger partial charge on any atom is -0.383 e. The lowest BCUT2D eigenvalue weighted by Gasteiger charge is -2.07. The summed E-state index contributed by atoms with van der Waals surface area (Å²) < 4.78 is 4.85. The van der Waals surface area contributed by atoms with E-state index in [4.69, 9.17) is 22.1 Å². The van der Waals surface area contributed by atoms with Crippen molar-refractivity contribution in [3.8, 4) is 0 Å². The first-order chi connectivity index (χ1) is 9.63. The zero-order valence-electron chi connectivity index (χ0n) is 11.4. The molecule has 1 aromatic carbocycles. The number of ether oxygens (including phenoxy) is 1. The number of hydrogen-bond donors (Lipinski definition) is 3. The summed E-state index contributed by atoms with van der Waals surface area (Å²) in [6, 6.07) is 6.70. The SMILES string of the molecule is COCCN=C(N)NCCNC(=O)c1ccc(Cl)cc1. The first kappa shape index (κ1) is 16.3. The number of hydrogen-bond acceptors (Lipinski definition) is 3. The Labute approximate surface area is 123 Å². The van der Waals surface area contributed by atoms with Crippen molar-refractivity contribution < 1.29 is 9.53 Å². The van der Waals surface area contributed by atoms with Crippen LogP contribution in [-0.4, -0.2) is 45.2 Å². The Morgan fingerprint density at radius 1 is 1.30 bits per heavy atom. The molecule has 0 aromatic heterocycles. The van der Waals surface area contributed by atoms with Gasteiger partial charge in [0.25, 0.3) is 5.91 Å². The fourth-order valence-electron chi connectivity index (χ4n) is 1.38. The molecule has 0 radical (unpaired) electrons. The summed E-state index contributed by atoms with van der Waals surface area (Å²) in [6.45, 7) is 1.98. The normalized spacial score (nSPS) is 11.2. The minimum absolute atomic E-state index is 0.154. The van der Waals surface area contributed by atoms with E-state index in [1.54, 1.807) is 31.4 Å². The molecule has 0 unspecified atom stereocenters. The highest BCUT2D eigenvalue weighted by Crippen LogP contribution is 2.08. The first-order valence-electron chi connectivity index (χ1n) is 6.20. The molecular formula is C13H19ClN4O2. The van der Waals surface area contributed by atoms with Crippen LogP contribution in [0.4, 0.5) is 0 Å². The molecule has 0 aliphatic carbocycles. The molecule has 0 spiro atoms. The molecule has 0 aliphatic heterocycles. The summed E-state index contributed by atoms with van der Waals surface area (Å²) in [5.41, 5.74) is 6.18. The number of nitrogens with two attached hydrogens (primary N) is 1. The number of guanidine groups is 1. The van der Waals surface area contributed by atoms with E-state index in [2.05, 4.69) is 15.6 Å². The Balaban J connectivity index is 2.22. The maximum Gasteiger partial charge on any atom is 0.251 e. The van der Waals surface area contributed by atoms with Crippen LogP contribution in [0.5, 0.6) is 0 Å². The highest BCUT2D eigenvalue weighted by atomic mass is 35.5. The molecule has 110 valence electrons. The van der Waals surface area contributed by atoms with Crippen LogP contribution in [0.2, 0.25) is 5.02 Å². The van der Waals surface area contributed by atoms with Gasteiger partial charge in [-0.2, -0.15) is 0 Å². The molecule has 0 bridgehead atoms. The summed E-state index contributed by atoms with van der Waals surface area (Å²) in [5, 5.41) is 6.26. The zero-order chi connectivity index (χ0) is 14.8. The lowest BCUT2D eigenvalue weighted by atomic mass is 10.2. The number of halogens is 1. The van der Waals surface area contributed by atoms with Crippen LogP contribution < -0.4 is 16.4 Å². The molecule has 7 heteroatoms. The van der Waals surface area contributed by atoms with Gasteiger partial charge in [-0.05, 0) is 24.3 Å². The van der Waals surface area contributed by atoms with Crippen LogP contribution in [0.3, 0.4) is 0 Å². The molecule has 0 saturated carbocycles. The van der Waals surface area contributed by atoms with Gasteiger partial charge in [-0.25, -0.2) is 0 Å². The highest BCUT2D eigenvalue weighted by molar-refractivity contribution is 6.30. The van der Waals surface area contributed by atoms with Gasteiger partial charge in [0.2, 0.25) is 0 Å². The van der Waals surface area contributed by atoms with Crippen molar-refractivity contribution in [2.45, 2.75) is 0 Å². The van der Waals surface area contributed by atoms with Gasteiger partial charge >= 0.3 is 0 Å². The van der Waals surface area contributed by atoms with Gasteiger partial charge in [-0.15, -0.1) is 0 Å². The second-order valence-electron chi connectivity index (χ2n) is 3.95. The lowest BCUT2D eigenvalue weighted by molar-refractivity contribution is 0.0954. The number of carbonyl (C=O) groups excluding carboxylic acids is 1. The van der Waals surface area contributed by atoms with Crippen molar-refractivity contribution in [1.29, 1.82) is 0 Å². The second kappa shape index (κ2) is 9.17. The number of nitrogens with one attached hydrogen (secondary N) is 2. The predicted octanol–water partition coefficient (Wildman–Crippen LogP) is 0.621. The number of carbonyl (C=O) groups is 1. The molecule has 0 aliphatic rings. The standard InChI is InChI=1S/C13H19ClN4O2/c1-20-9-8-18-13(15)17-7-6-16-12(19)10-2-4-11(14)5-3-10/h2-5H,6-9H2,1H3,(H,16,19)(H3,15,17,18). The van der Waals surface area contributed by atoms with E-state index in [9.17, 15) is 4.79 Å². The largest absolute Gasteiger partial charge is 0.383 e. The van der Waals surface area contributed by atoms with Gasteiger partial charge in [0.05, 0.1) is 13.2 Å². The summed E-state index contributed by atoms with van der Waals surface area (Å²) in [6.07, 6.45) is 0. The molecule has 6 nitrogen and oxygen atoms in total. The van der Waals surface area contributed by atoms with E-state index >= 15 is 0 Å². The van der Waals surface area contributed by atoms with Crippen LogP contribution in [-0.2, 0) is 4.74 Å². The average molecular weight is 299 g/mol. The number of nitrogens with zero attached hydrogens (tertiary/aromatic N) is 1. The van der Waals surface area contributed by atoms with Crippen molar-refractivity contribution in [2.24, 2.45) is 10.7 Å². The Morgan fingerprint density at radius 2 is 1.95 bits per heavy atom. The Bertz CT molecular complexity index is 448. The van der Waals surface area contributed by atoms with Gasteiger partial charge in [0.15, 0.2) is 5.96 Å². The van der Waals surface area contributed by atoms with Gasteiger partial charge in [-0.1, -0.05) is 11.6 Å². The van der Waals surface area contributed by atoms with E-state index in [1.807, 2.05) is 0 Å². The average Bonchev–Trinajstić information content (AvgIpc) is 2.44. The molecule has 0 heterocycles. The summed E-state index contributed by atoms with van der Waals surface area (Å²) in [5.74, 6) is 0.182. The van der Waals surface area contributed by atoms with Crippen LogP contribution in [0, 0.1) is 0 Å². The smallest absolute Gasteiger partial charge is 0.251 e. The monoisotopic (exact) mass is 298 g/mol. The molecule has 20 heavy (non-hydrogen) atoms. The topological polar surface area (TPSA) is 88.7 Å². The lowest BCUT2D eigenvalue weighted by Crippen LogP contribution is -2.38. The predicted molar refractivity (Wildman–Crippen MR) is 80.2 cm³/mol. The second-order valence-corrected chi connectivity index (χ2v) is 4.39. The number of amides is 1. The van der Waals surface area contributed by atoms with Crippen molar-refractivity contribution in [3.05, 3.63) is 34.9 Å². The number of methoxy groups -OCH3 is 1. The Morgan fingerprint density at radius 3 is 2.60 bits per heavy atom. The third kappa shape index (κ3) is 6.40. The fraction of sp³-hybridized carbons (Fsp3) is 0.385. The highest BCUT2D eigenvalue weighted by Gasteiger charge is 2.03. The maximum absolute atomic E-state index is 11.8. The molecule has 0 fully saturated rings. The maximum atomic E-state index is 11.8. The fourth-order valence-corrected chi connectivity index (χ4v) is 1.51. The van der Waals surface area contributed by atoms with Gasteiger partial charge in [-0.3, -0.25) is 9.79 Å². The molecular weight excluding hydrogens is 280 g/mol. The summed E-state index contributed by atoms with van der Waals surface area (Å²) in [7, 11) is 1.60. The van der Waals surface area contributed by atoms with E-state index in [-0.39, 0.29) is 5.91 Å². The first-order valence-corrected chi connectivity index (χ1v) is 6.57. The van der Waals surface area contributed by atoms with E-state index in [1.165, 1.54) is 0 Å². The molecule has 0 atom stereocenters. The van der Waals surface area contributed by atoms with Gasteiger partial charge in [0.1, 0.15) is 0 Å². The van der Waals surface area contributed by atoms with E-state index < -0.39 is 0 Å². The molecule has 1 amide bonds. The van der Waals surface area contributed by atoms with E-state index in [0.29, 0.717) is 42.8 Å². The molecule has 1 rings (SSSR count). The van der Waals surface area contributed by atoms with Crippen LogP contribution in [0.1, 0.15) is 10.4 Å². The number of aliphatic imine (C=N–C) groups is 1. The Hall–Kier alpha value is -1.79. The van der Waals surface area contributed by atoms with Gasteiger partial charge in [0, 0.05) is 30.8 Å². The third-order valence-electron chi connectivity index (χ3n) is 2.40. The Kier molecular flexibility index (Phi) is 7.46. The van der Waals surface area contributed by atoms with Crippen molar-refractivity contribution >= 4 is 23.5 Å². The zero-order valence-corrected chi connectivity index (χ0v) is 12.1. The van der Waals surface area contributed by atoms with Crippen LogP contribution in [0.25, 0.3) is 0 Å². The van der Waals surface area contributed by atoms with Crippen LogP contribution >= 0.6 is 11.6 Å². The summed E-state index contributed by atoms with van der Waals surface area (Å²) in [4.78, 5) is 15.8. The van der Waals surface area contributed by atoms with Crippen LogP contribution in [0.15, 0.2) is 29.3 Å². The quantitative estimate of drug-likeness (QED) is 0.391. The van der Waals surface area contributed by atoms with Crippen molar-refractivity contribution in [3.63, 3.8) is 0 Å². The minimum atomic E-state index is -0.154. The van der Waals surface area contributed by atoms with Gasteiger partial charge < -0.3 is 21.1 Å². The number of benzene rings is 1. The molecule has 1 aromatic rings. The number of rotatable bonds is 7. The van der Waals surface area contributed by atoms with Crippen molar-refractivity contribution in [2.75, 3.05) is 33.4 Å². The third-order valence-corrected chi connectivity index (χ3v) is 2.65. The molecule has 0 saturated heterocycles. The van der Waals surface area contributed by atoms with Crippen molar-refractivity contribution in [1.82, 2.24) is 10.6 Å². The summed E-state index contributed by atoms with van der Waals surface area (Å²) >= 11 is 5.75.